The SMILES string of the molecule is C=C(C)[C@H]1CC[C@@]2(C)CCC[NH+](C)[C@@H]2C1. The molecule has 0 aromatic carbocycles. The topological polar surface area (TPSA) is 4.44 Å². The second-order valence-electron chi connectivity index (χ2n) is 6.22. The average molecular weight is 208 g/mol. The van der Waals surface area contributed by atoms with E-state index in [4.69, 9.17) is 0 Å². The first kappa shape index (κ1) is 11.2. The van der Waals surface area contributed by atoms with Crippen LogP contribution in [0.2, 0.25) is 0 Å². The molecular weight excluding hydrogens is 182 g/mol. The molecular formula is C14H26N+. The van der Waals surface area contributed by atoms with Gasteiger partial charge in [-0.3, -0.25) is 0 Å². The van der Waals surface area contributed by atoms with E-state index in [1.54, 1.807) is 4.90 Å². The second-order valence-corrected chi connectivity index (χ2v) is 6.22. The fourth-order valence-corrected chi connectivity index (χ4v) is 3.85. The molecule has 0 bridgehead atoms. The van der Waals surface area contributed by atoms with Crippen molar-refractivity contribution in [3.63, 3.8) is 0 Å². The fraction of sp³-hybridized carbons (Fsp3) is 0.857. The highest BCUT2D eigenvalue weighted by molar-refractivity contribution is 5.03. The van der Waals surface area contributed by atoms with Gasteiger partial charge in [0.05, 0.1) is 19.6 Å². The maximum Gasteiger partial charge on any atom is 0.0932 e. The molecule has 1 heteroatoms. The Bertz CT molecular complexity index is 258. The molecule has 1 heterocycles. The van der Waals surface area contributed by atoms with Crippen LogP contribution in [-0.2, 0) is 0 Å². The Hall–Kier alpha value is -0.300. The van der Waals surface area contributed by atoms with E-state index in [0.29, 0.717) is 5.41 Å². The maximum absolute atomic E-state index is 4.15. The fourth-order valence-electron chi connectivity index (χ4n) is 3.85. The summed E-state index contributed by atoms with van der Waals surface area (Å²) in [5.74, 6) is 0.802. The number of allylic oxidation sites excluding steroid dienone is 1. The van der Waals surface area contributed by atoms with E-state index in [-0.39, 0.29) is 0 Å². The number of hydrogen-bond acceptors (Lipinski definition) is 0. The van der Waals surface area contributed by atoms with Gasteiger partial charge in [-0.25, -0.2) is 0 Å². The van der Waals surface area contributed by atoms with Gasteiger partial charge >= 0.3 is 0 Å². The zero-order valence-corrected chi connectivity index (χ0v) is 10.6. The molecule has 0 aromatic heterocycles. The van der Waals surface area contributed by atoms with Gasteiger partial charge in [0.25, 0.3) is 0 Å². The van der Waals surface area contributed by atoms with Crippen LogP contribution in [0.4, 0.5) is 0 Å². The van der Waals surface area contributed by atoms with Crippen LogP contribution in [0.15, 0.2) is 12.2 Å². The lowest BCUT2D eigenvalue weighted by atomic mass is 9.63. The van der Waals surface area contributed by atoms with Crippen LogP contribution in [0, 0.1) is 11.3 Å². The molecule has 86 valence electrons. The van der Waals surface area contributed by atoms with Gasteiger partial charge in [0.15, 0.2) is 0 Å². The third-order valence-electron chi connectivity index (χ3n) is 5.04. The average Bonchev–Trinajstić information content (AvgIpc) is 2.17. The van der Waals surface area contributed by atoms with Crippen LogP contribution in [0.5, 0.6) is 0 Å². The monoisotopic (exact) mass is 208 g/mol. The predicted octanol–water partition coefficient (Wildman–Crippen LogP) is 2.05. The van der Waals surface area contributed by atoms with Gasteiger partial charge in [-0.1, -0.05) is 19.1 Å². The van der Waals surface area contributed by atoms with Gasteiger partial charge in [-0.05, 0) is 38.5 Å². The second kappa shape index (κ2) is 3.93. The van der Waals surface area contributed by atoms with Gasteiger partial charge < -0.3 is 4.90 Å². The lowest BCUT2D eigenvalue weighted by molar-refractivity contribution is -0.922. The van der Waals surface area contributed by atoms with E-state index in [0.717, 1.165) is 12.0 Å². The minimum atomic E-state index is 0.633. The van der Waals surface area contributed by atoms with Gasteiger partial charge in [0, 0.05) is 11.8 Å². The van der Waals surface area contributed by atoms with Crippen LogP contribution >= 0.6 is 0 Å². The minimum absolute atomic E-state index is 0.633. The van der Waals surface area contributed by atoms with Gasteiger partial charge in [-0.15, -0.1) is 0 Å². The molecule has 0 radical (unpaired) electrons. The standard InChI is InChI=1S/C14H25N/c1-11(2)12-6-8-14(3)7-5-9-15(4)13(14)10-12/h12-13H,1,5-10H2,2-4H3/p+1/t12-,13+,14+/m0/s1. The lowest BCUT2D eigenvalue weighted by Crippen LogP contribution is -3.16. The molecule has 1 aliphatic carbocycles. The van der Waals surface area contributed by atoms with E-state index in [2.05, 4.69) is 27.5 Å². The van der Waals surface area contributed by atoms with Crippen molar-refractivity contribution in [1.29, 1.82) is 0 Å². The van der Waals surface area contributed by atoms with E-state index in [1.165, 1.54) is 44.2 Å². The molecule has 1 saturated carbocycles. The van der Waals surface area contributed by atoms with Crippen molar-refractivity contribution < 1.29 is 4.90 Å². The van der Waals surface area contributed by atoms with E-state index >= 15 is 0 Å². The largest absolute Gasteiger partial charge is 0.334 e. The van der Waals surface area contributed by atoms with Crippen LogP contribution in [0.25, 0.3) is 0 Å². The highest BCUT2D eigenvalue weighted by Crippen LogP contribution is 2.43. The number of quaternary nitrogens is 1. The molecule has 2 rings (SSSR count). The number of hydrogen-bond donors (Lipinski definition) is 1. The zero-order chi connectivity index (χ0) is 11.1. The van der Waals surface area contributed by atoms with Crippen molar-refractivity contribution in [2.75, 3.05) is 13.6 Å². The maximum atomic E-state index is 4.15. The Morgan fingerprint density at radius 2 is 2.13 bits per heavy atom. The summed E-state index contributed by atoms with van der Waals surface area (Å²) in [4.78, 5) is 1.77. The van der Waals surface area contributed by atoms with Crippen LogP contribution in [0.3, 0.4) is 0 Å². The van der Waals surface area contributed by atoms with E-state index < -0.39 is 0 Å². The summed E-state index contributed by atoms with van der Waals surface area (Å²) >= 11 is 0. The van der Waals surface area contributed by atoms with Crippen LogP contribution in [-0.4, -0.2) is 19.6 Å². The highest BCUT2D eigenvalue weighted by Gasteiger charge is 2.46. The Balaban J connectivity index is 2.12. The molecule has 1 N–H and O–H groups in total. The third kappa shape index (κ3) is 1.99. The molecule has 2 fully saturated rings. The molecule has 2 aliphatic rings. The van der Waals surface area contributed by atoms with Crippen molar-refractivity contribution >= 4 is 0 Å². The highest BCUT2D eigenvalue weighted by atomic mass is 15.1. The number of fused-ring (bicyclic) bond motifs is 1. The van der Waals surface area contributed by atoms with Crippen molar-refractivity contribution in [2.45, 2.75) is 52.0 Å². The van der Waals surface area contributed by atoms with Crippen molar-refractivity contribution in [3.05, 3.63) is 12.2 Å². The first-order valence-corrected chi connectivity index (χ1v) is 6.50. The molecule has 0 aromatic rings. The third-order valence-corrected chi connectivity index (χ3v) is 5.04. The number of piperidine rings is 1. The van der Waals surface area contributed by atoms with E-state index in [1.807, 2.05) is 0 Å². The van der Waals surface area contributed by atoms with Crippen molar-refractivity contribution in [2.24, 2.45) is 11.3 Å². The number of nitrogens with one attached hydrogen (secondary N) is 1. The van der Waals surface area contributed by atoms with Crippen LogP contribution in [0.1, 0.15) is 46.0 Å². The molecule has 1 unspecified atom stereocenters. The molecule has 4 atom stereocenters. The summed E-state index contributed by atoms with van der Waals surface area (Å²) < 4.78 is 0. The quantitative estimate of drug-likeness (QED) is 0.629. The zero-order valence-electron chi connectivity index (χ0n) is 10.6. The minimum Gasteiger partial charge on any atom is -0.334 e. The predicted molar refractivity (Wildman–Crippen MR) is 65.0 cm³/mol. The molecule has 1 nitrogen and oxygen atoms in total. The summed E-state index contributed by atoms with van der Waals surface area (Å²) in [6.07, 6.45) is 7.08. The van der Waals surface area contributed by atoms with Crippen molar-refractivity contribution in [3.8, 4) is 0 Å². The summed E-state index contributed by atoms with van der Waals surface area (Å²) in [5, 5.41) is 0. The van der Waals surface area contributed by atoms with Gasteiger partial charge in [0.2, 0.25) is 0 Å². The lowest BCUT2D eigenvalue weighted by Gasteiger charge is -2.49. The molecule has 1 saturated heterocycles. The van der Waals surface area contributed by atoms with Crippen molar-refractivity contribution in [1.82, 2.24) is 0 Å². The Labute approximate surface area is 94.5 Å². The first-order chi connectivity index (χ1) is 7.03. The number of rotatable bonds is 1. The van der Waals surface area contributed by atoms with E-state index in [9.17, 15) is 0 Å². The summed E-state index contributed by atoms with van der Waals surface area (Å²) in [5.41, 5.74) is 2.05. The first-order valence-electron chi connectivity index (χ1n) is 6.50. The molecule has 0 spiro atoms. The van der Waals surface area contributed by atoms with Gasteiger partial charge in [-0.2, -0.15) is 0 Å². The number of likely N-dealkylation sites (tertiary alicyclic amines) is 1. The molecule has 1 aliphatic heterocycles. The van der Waals surface area contributed by atoms with Crippen LogP contribution < -0.4 is 4.90 Å². The Morgan fingerprint density at radius 1 is 1.40 bits per heavy atom. The molecule has 0 amide bonds. The summed E-state index contributed by atoms with van der Waals surface area (Å²) in [7, 11) is 2.39. The smallest absolute Gasteiger partial charge is 0.0932 e. The van der Waals surface area contributed by atoms with Gasteiger partial charge in [0.1, 0.15) is 0 Å². The summed E-state index contributed by atoms with van der Waals surface area (Å²) in [6, 6.07) is 0.890. The summed E-state index contributed by atoms with van der Waals surface area (Å²) in [6.45, 7) is 10.3. The normalized spacial score (nSPS) is 45.9. The Kier molecular flexibility index (Phi) is 2.94. The molecule has 15 heavy (non-hydrogen) atoms. The Morgan fingerprint density at radius 3 is 2.80 bits per heavy atom.